The van der Waals surface area contributed by atoms with Gasteiger partial charge in [-0.25, -0.2) is 0 Å². The normalized spacial score (nSPS) is 20.2. The summed E-state index contributed by atoms with van der Waals surface area (Å²) in [6.45, 7) is 4.78. The van der Waals surface area contributed by atoms with E-state index < -0.39 is 0 Å². The molecule has 1 aliphatic carbocycles. The Hall–Kier alpha value is -1.06. The summed E-state index contributed by atoms with van der Waals surface area (Å²) in [7, 11) is 1.71. The second-order valence-electron chi connectivity index (χ2n) is 5.79. The maximum atomic E-state index is 9.85. The van der Waals surface area contributed by atoms with Crippen LogP contribution in [0, 0.1) is 5.92 Å². The molecule has 2 unspecified atom stereocenters. The summed E-state index contributed by atoms with van der Waals surface area (Å²) in [6.07, 6.45) is 3.02. The Kier molecular flexibility index (Phi) is 4.83. The van der Waals surface area contributed by atoms with E-state index in [4.69, 9.17) is 4.74 Å². The highest BCUT2D eigenvalue weighted by Gasteiger charge is 2.20. The number of hydrogen-bond donors (Lipinski definition) is 2. The summed E-state index contributed by atoms with van der Waals surface area (Å²) in [6, 6.07) is 6.82. The zero-order valence-corrected chi connectivity index (χ0v) is 12.1. The van der Waals surface area contributed by atoms with Gasteiger partial charge < -0.3 is 15.2 Å². The molecule has 0 heterocycles. The lowest BCUT2D eigenvalue weighted by Crippen LogP contribution is -2.40. The molecule has 0 saturated heterocycles. The van der Waals surface area contributed by atoms with Crippen molar-refractivity contribution in [3.05, 3.63) is 29.3 Å². The van der Waals surface area contributed by atoms with Gasteiger partial charge in [0.15, 0.2) is 0 Å². The highest BCUT2D eigenvalue weighted by Crippen LogP contribution is 2.25. The molecule has 0 aromatic heterocycles. The first-order valence-corrected chi connectivity index (χ1v) is 7.17. The number of aryl methyl sites for hydroxylation is 1. The van der Waals surface area contributed by atoms with E-state index in [2.05, 4.69) is 17.4 Å². The van der Waals surface area contributed by atoms with Gasteiger partial charge in [-0.15, -0.1) is 0 Å². The molecule has 1 aromatic rings. The van der Waals surface area contributed by atoms with Crippen LogP contribution in [0.3, 0.4) is 0 Å². The van der Waals surface area contributed by atoms with Gasteiger partial charge in [0.2, 0.25) is 0 Å². The molecule has 0 bridgehead atoms. The van der Waals surface area contributed by atoms with Gasteiger partial charge in [0, 0.05) is 12.6 Å². The monoisotopic (exact) mass is 263 g/mol. The maximum Gasteiger partial charge on any atom is 0.119 e. The Morgan fingerprint density at radius 3 is 2.84 bits per heavy atom. The molecule has 3 nitrogen and oxygen atoms in total. The van der Waals surface area contributed by atoms with E-state index in [1.165, 1.54) is 11.1 Å². The quantitative estimate of drug-likeness (QED) is 0.855. The summed E-state index contributed by atoms with van der Waals surface area (Å²) in [4.78, 5) is 0. The first kappa shape index (κ1) is 14.4. The van der Waals surface area contributed by atoms with Crippen LogP contribution >= 0.6 is 0 Å². The molecular weight excluding hydrogens is 238 g/mol. The average molecular weight is 263 g/mol. The number of aliphatic hydroxyl groups excluding tert-OH is 1. The molecule has 106 valence electrons. The molecule has 3 heteroatoms. The minimum atomic E-state index is -0.258. The van der Waals surface area contributed by atoms with Crippen molar-refractivity contribution in [1.29, 1.82) is 0 Å². The van der Waals surface area contributed by atoms with Crippen molar-refractivity contribution in [3.63, 3.8) is 0 Å². The third-order valence-electron chi connectivity index (χ3n) is 4.03. The Labute approximate surface area is 116 Å². The molecule has 1 aromatic carbocycles. The van der Waals surface area contributed by atoms with Crippen LogP contribution in [0.15, 0.2) is 18.2 Å². The van der Waals surface area contributed by atoms with Crippen molar-refractivity contribution in [2.24, 2.45) is 5.92 Å². The van der Waals surface area contributed by atoms with Gasteiger partial charge in [0.25, 0.3) is 0 Å². The molecule has 19 heavy (non-hydrogen) atoms. The molecule has 2 N–H and O–H groups in total. The molecule has 2 rings (SSSR count). The van der Waals surface area contributed by atoms with Crippen LogP contribution in [-0.2, 0) is 12.8 Å². The average Bonchev–Trinajstić information content (AvgIpc) is 2.43. The van der Waals surface area contributed by atoms with Gasteiger partial charge in [-0.3, -0.25) is 0 Å². The van der Waals surface area contributed by atoms with Crippen molar-refractivity contribution < 1.29 is 9.84 Å². The van der Waals surface area contributed by atoms with Crippen LogP contribution in [0.25, 0.3) is 0 Å². The lowest BCUT2D eigenvalue weighted by Gasteiger charge is -2.27. The van der Waals surface area contributed by atoms with E-state index in [1.807, 2.05) is 19.9 Å². The summed E-state index contributed by atoms with van der Waals surface area (Å²) in [5.74, 6) is 1.24. The fourth-order valence-corrected chi connectivity index (χ4v) is 2.56. The number of benzene rings is 1. The third kappa shape index (κ3) is 3.71. The standard InChI is InChI=1S/C16H25NO2/c1-11(2)16(18)10-17-14-6-4-12-5-7-15(19-3)9-13(12)8-14/h5,7,9,11,14,16-18H,4,6,8,10H2,1-3H3. The number of fused-ring (bicyclic) bond motifs is 1. The SMILES string of the molecule is COc1ccc2c(c1)CC(NCC(O)C(C)C)CC2. The fraction of sp³-hybridized carbons (Fsp3) is 0.625. The van der Waals surface area contributed by atoms with Gasteiger partial charge in [0.05, 0.1) is 13.2 Å². The van der Waals surface area contributed by atoms with Crippen molar-refractivity contribution >= 4 is 0 Å². The fourth-order valence-electron chi connectivity index (χ4n) is 2.56. The molecule has 0 radical (unpaired) electrons. The highest BCUT2D eigenvalue weighted by atomic mass is 16.5. The van der Waals surface area contributed by atoms with E-state index in [-0.39, 0.29) is 6.10 Å². The summed E-state index contributed by atoms with van der Waals surface area (Å²) >= 11 is 0. The first-order chi connectivity index (χ1) is 9.10. The molecule has 1 aliphatic rings. The zero-order valence-electron chi connectivity index (χ0n) is 12.1. The van der Waals surface area contributed by atoms with Gasteiger partial charge in [-0.05, 0) is 48.4 Å². The van der Waals surface area contributed by atoms with E-state index in [0.717, 1.165) is 25.0 Å². The smallest absolute Gasteiger partial charge is 0.119 e. The number of rotatable bonds is 5. The van der Waals surface area contributed by atoms with E-state index >= 15 is 0 Å². The first-order valence-electron chi connectivity index (χ1n) is 7.17. The number of hydrogen-bond acceptors (Lipinski definition) is 3. The van der Waals surface area contributed by atoms with Gasteiger partial charge in [0.1, 0.15) is 5.75 Å². The Morgan fingerprint density at radius 2 is 2.16 bits per heavy atom. The maximum absolute atomic E-state index is 9.85. The summed E-state index contributed by atoms with van der Waals surface area (Å²) in [5.41, 5.74) is 2.81. The Morgan fingerprint density at radius 1 is 1.37 bits per heavy atom. The van der Waals surface area contributed by atoms with Crippen molar-refractivity contribution in [3.8, 4) is 5.75 Å². The molecular formula is C16H25NO2. The molecule has 2 atom stereocenters. The molecule has 0 saturated carbocycles. The third-order valence-corrected chi connectivity index (χ3v) is 4.03. The minimum Gasteiger partial charge on any atom is -0.497 e. The van der Waals surface area contributed by atoms with Gasteiger partial charge >= 0.3 is 0 Å². The van der Waals surface area contributed by atoms with Gasteiger partial charge in [-0.1, -0.05) is 19.9 Å². The number of methoxy groups -OCH3 is 1. The van der Waals surface area contributed by atoms with E-state index in [9.17, 15) is 5.11 Å². The highest BCUT2D eigenvalue weighted by molar-refractivity contribution is 5.37. The summed E-state index contributed by atoms with van der Waals surface area (Å²) in [5, 5.41) is 13.3. The second kappa shape index (κ2) is 6.40. The molecule has 0 amide bonds. The summed E-state index contributed by atoms with van der Waals surface area (Å²) < 4.78 is 5.28. The van der Waals surface area contributed by atoms with Crippen LogP contribution in [0.2, 0.25) is 0 Å². The van der Waals surface area contributed by atoms with Crippen LogP contribution in [0.4, 0.5) is 0 Å². The lowest BCUT2D eigenvalue weighted by atomic mass is 9.88. The van der Waals surface area contributed by atoms with Crippen molar-refractivity contribution in [2.75, 3.05) is 13.7 Å². The van der Waals surface area contributed by atoms with Crippen LogP contribution in [0.1, 0.15) is 31.4 Å². The van der Waals surface area contributed by atoms with E-state index in [1.54, 1.807) is 7.11 Å². The largest absolute Gasteiger partial charge is 0.497 e. The van der Waals surface area contributed by atoms with E-state index in [0.29, 0.717) is 18.5 Å². The van der Waals surface area contributed by atoms with Crippen molar-refractivity contribution in [1.82, 2.24) is 5.32 Å². The second-order valence-corrected chi connectivity index (χ2v) is 5.79. The Bertz CT molecular complexity index is 417. The molecule has 0 spiro atoms. The predicted octanol–water partition coefficient (Wildman–Crippen LogP) is 2.16. The Balaban J connectivity index is 1.93. The topological polar surface area (TPSA) is 41.5 Å². The molecule has 0 aliphatic heterocycles. The lowest BCUT2D eigenvalue weighted by molar-refractivity contribution is 0.119. The molecule has 0 fully saturated rings. The number of aliphatic hydroxyl groups is 1. The zero-order chi connectivity index (χ0) is 13.8. The van der Waals surface area contributed by atoms with Crippen LogP contribution < -0.4 is 10.1 Å². The predicted molar refractivity (Wildman–Crippen MR) is 77.7 cm³/mol. The number of ether oxygens (including phenoxy) is 1. The minimum absolute atomic E-state index is 0.258. The van der Waals surface area contributed by atoms with Gasteiger partial charge in [-0.2, -0.15) is 0 Å². The van der Waals surface area contributed by atoms with Crippen LogP contribution in [0.5, 0.6) is 5.75 Å². The van der Waals surface area contributed by atoms with Crippen LogP contribution in [-0.4, -0.2) is 30.9 Å². The van der Waals surface area contributed by atoms with Crippen molar-refractivity contribution in [2.45, 2.75) is 45.3 Å². The number of nitrogens with one attached hydrogen (secondary N) is 1.